The summed E-state index contributed by atoms with van der Waals surface area (Å²) < 4.78 is 90.2. The molecule has 0 aliphatic carbocycles. The van der Waals surface area contributed by atoms with E-state index in [4.69, 9.17) is 46.7 Å². The topological polar surface area (TPSA) is 343 Å². The summed E-state index contributed by atoms with van der Waals surface area (Å²) in [6.45, 7) is 1.18. The first-order valence-electron chi connectivity index (χ1n) is 16.9. The number of aromatic nitrogens is 3. The third-order valence-electron chi connectivity index (χ3n) is 7.27. The summed E-state index contributed by atoms with van der Waals surface area (Å²) in [5, 5.41) is 29.2. The molecule has 2 atom stereocenters. The summed E-state index contributed by atoms with van der Waals surface area (Å²) in [5.41, 5.74) is 2.66. The van der Waals surface area contributed by atoms with Gasteiger partial charge in [-0.3, -0.25) is 29.6 Å². The Bertz CT molecular complexity index is 2470. The molecule has 0 radical (unpaired) electrons. The zero-order valence-corrected chi connectivity index (χ0v) is 35.7. The molecular weight excluding hydrogens is 916 g/mol. The number of nitro groups is 1. The number of amides is 3. The Labute approximate surface area is 359 Å². The zero-order chi connectivity index (χ0) is 48.0. The van der Waals surface area contributed by atoms with E-state index in [9.17, 15) is 55.4 Å². The molecule has 342 valence electrons. The quantitative estimate of drug-likeness (QED) is 0.0573. The number of carbonyl (C=O) groups is 4. The molecule has 2 aromatic heterocycles. The third-order valence-corrected chi connectivity index (χ3v) is 9.94. The van der Waals surface area contributed by atoms with Crippen molar-refractivity contribution in [3.05, 3.63) is 92.6 Å². The molecule has 0 spiro atoms. The Balaban J connectivity index is 0.000000355. The molecule has 23 nitrogen and oxygen atoms in total. The van der Waals surface area contributed by atoms with Crippen LogP contribution in [0.5, 0.6) is 23.3 Å². The van der Waals surface area contributed by atoms with E-state index in [1.807, 2.05) is 0 Å². The number of aliphatic carboxylic acids is 1. The minimum absolute atomic E-state index is 0.0412. The zero-order valence-electron chi connectivity index (χ0n) is 33.2. The number of carboxylic acids is 2. The Hall–Kier alpha value is -6.67. The Kier molecular flexibility index (Phi) is 18.7. The van der Waals surface area contributed by atoms with E-state index in [2.05, 4.69) is 20.3 Å². The van der Waals surface area contributed by atoms with Gasteiger partial charge < -0.3 is 40.0 Å². The van der Waals surface area contributed by atoms with E-state index in [0.717, 1.165) is 30.3 Å². The summed E-state index contributed by atoms with van der Waals surface area (Å²) in [7, 11) is -1.95. The fraction of sp³-hybridized carbons (Fsp3) is 0.265. The van der Waals surface area contributed by atoms with Crippen LogP contribution in [0.4, 0.5) is 29.6 Å². The highest BCUT2D eigenvalue weighted by Gasteiger charge is 2.31. The lowest BCUT2D eigenvalue weighted by Gasteiger charge is -2.14. The van der Waals surface area contributed by atoms with Gasteiger partial charge in [0.15, 0.2) is 12.4 Å². The SMILES string of the molecule is COc1cc(OC)nc(NC(=O)NS(=O)(=O)c2ncccc2C(=O)N(C)C)n1.CP(=O)(O)CCC(N)C(=O)O.O=C(O)c1cc(Oc2ccc(C(F)(F)F)cc2Cl)ccc1[N+](=O)[O-]. The summed E-state index contributed by atoms with van der Waals surface area (Å²) in [6.07, 6.45) is -3.39. The molecule has 2 unspecified atom stereocenters. The van der Waals surface area contributed by atoms with E-state index in [1.54, 1.807) is 4.72 Å². The third kappa shape index (κ3) is 16.6. The van der Waals surface area contributed by atoms with Crippen LogP contribution in [0, 0.1) is 10.1 Å². The van der Waals surface area contributed by atoms with Gasteiger partial charge in [-0.1, -0.05) is 11.6 Å². The second-order valence-electron chi connectivity index (χ2n) is 12.4. The van der Waals surface area contributed by atoms with Crippen LogP contribution in [0.3, 0.4) is 0 Å². The minimum Gasteiger partial charge on any atom is -0.481 e. The molecule has 0 aliphatic rings. The molecule has 0 fully saturated rings. The predicted molar refractivity (Wildman–Crippen MR) is 214 cm³/mol. The highest BCUT2D eigenvalue weighted by molar-refractivity contribution is 7.90. The molecular formula is C34H37ClF3N8O15PS. The van der Waals surface area contributed by atoms with E-state index in [0.29, 0.717) is 6.07 Å². The van der Waals surface area contributed by atoms with Crippen LogP contribution in [0.1, 0.15) is 32.7 Å². The number of aromatic carboxylic acids is 1. The molecule has 2 aromatic carbocycles. The fourth-order valence-electron chi connectivity index (χ4n) is 4.27. The molecule has 0 saturated carbocycles. The number of carboxylic acid groups (broad SMARTS) is 2. The smallest absolute Gasteiger partial charge is 0.416 e. The summed E-state index contributed by atoms with van der Waals surface area (Å²) in [6, 6.07) is 7.14. The predicted octanol–water partition coefficient (Wildman–Crippen LogP) is 4.55. The molecule has 29 heteroatoms. The van der Waals surface area contributed by atoms with Crippen LogP contribution in [0.15, 0.2) is 65.8 Å². The van der Waals surface area contributed by atoms with Crippen LogP contribution < -0.4 is 30.0 Å². The van der Waals surface area contributed by atoms with Gasteiger partial charge in [-0.15, -0.1) is 0 Å². The summed E-state index contributed by atoms with van der Waals surface area (Å²) in [4.78, 5) is 76.7. The minimum atomic E-state index is -4.58. The van der Waals surface area contributed by atoms with Crippen molar-refractivity contribution in [1.29, 1.82) is 0 Å². The first-order valence-corrected chi connectivity index (χ1v) is 21.1. The molecule has 7 N–H and O–H groups in total. The van der Waals surface area contributed by atoms with Gasteiger partial charge in [-0.2, -0.15) is 31.6 Å². The Morgan fingerprint density at radius 1 is 1.02 bits per heavy atom. The average molecular weight is 953 g/mol. The van der Waals surface area contributed by atoms with E-state index in [1.165, 1.54) is 64.3 Å². The number of anilines is 1. The lowest BCUT2D eigenvalue weighted by atomic mass is 10.1. The van der Waals surface area contributed by atoms with Gasteiger partial charge in [-0.05, 0) is 42.8 Å². The number of nitro benzene ring substituents is 1. The van der Waals surface area contributed by atoms with Crippen LogP contribution in [0.25, 0.3) is 0 Å². The number of methoxy groups -OCH3 is 2. The van der Waals surface area contributed by atoms with Gasteiger partial charge in [0.05, 0.1) is 41.4 Å². The largest absolute Gasteiger partial charge is 0.481 e. The van der Waals surface area contributed by atoms with E-state index in [-0.39, 0.29) is 52.4 Å². The molecule has 63 heavy (non-hydrogen) atoms. The van der Waals surface area contributed by atoms with Gasteiger partial charge in [-0.25, -0.2) is 19.3 Å². The van der Waals surface area contributed by atoms with Crippen molar-refractivity contribution in [3.63, 3.8) is 0 Å². The Morgan fingerprint density at radius 2 is 1.62 bits per heavy atom. The second kappa shape index (κ2) is 22.4. The second-order valence-corrected chi connectivity index (χ2v) is 16.9. The van der Waals surface area contributed by atoms with Crippen molar-refractivity contribution >= 4 is 64.5 Å². The lowest BCUT2D eigenvalue weighted by molar-refractivity contribution is -0.385. The van der Waals surface area contributed by atoms with Crippen molar-refractivity contribution in [2.24, 2.45) is 5.73 Å². The number of nitrogens with zero attached hydrogens (tertiary/aromatic N) is 5. The summed E-state index contributed by atoms with van der Waals surface area (Å²) in [5.74, 6) is -3.63. The van der Waals surface area contributed by atoms with Crippen molar-refractivity contribution in [1.82, 2.24) is 24.6 Å². The van der Waals surface area contributed by atoms with Gasteiger partial charge in [0.25, 0.3) is 21.6 Å². The molecule has 0 bridgehead atoms. The number of sulfonamides is 1. The average Bonchev–Trinajstić information content (AvgIpc) is 3.19. The van der Waals surface area contributed by atoms with Gasteiger partial charge in [0.1, 0.15) is 23.1 Å². The van der Waals surface area contributed by atoms with Crippen LogP contribution in [-0.4, -0.2) is 119 Å². The fourth-order valence-corrected chi connectivity index (χ4v) is 6.29. The molecule has 2 heterocycles. The number of carbonyl (C=O) groups excluding carboxylic acids is 2. The highest BCUT2D eigenvalue weighted by atomic mass is 35.5. The number of benzene rings is 2. The molecule has 0 aliphatic heterocycles. The first-order chi connectivity index (χ1) is 29.1. The highest BCUT2D eigenvalue weighted by Crippen LogP contribution is 2.37. The van der Waals surface area contributed by atoms with E-state index < -0.39 is 80.3 Å². The standard InChI is InChI=1S/C15H18N6O6S.C14H7ClF3NO5.C5H12NO4P/c1-21(2)13(22)9-6-5-7-16-12(9)28(24,25)20-15(23)19-14-17-10(26-3)8-11(18-14)27-4;15-10-5-7(14(16,17)18)1-4-12(10)24-8-2-3-11(19(22)23)9(6-8)13(20)21;1-11(9,10)3-2-4(6)5(7)8/h5-8H,1-4H3,(H2,17,18,19,20,23);1-6H,(H,20,21);4H,2-3,6H2,1H3,(H,7,8)(H,9,10). The van der Waals surface area contributed by atoms with Gasteiger partial charge in [0.2, 0.25) is 17.7 Å². The lowest BCUT2D eigenvalue weighted by Crippen LogP contribution is -2.36. The van der Waals surface area contributed by atoms with Crippen molar-refractivity contribution in [2.75, 3.05) is 46.5 Å². The molecule has 4 rings (SSSR count). The van der Waals surface area contributed by atoms with Crippen molar-refractivity contribution in [3.8, 4) is 23.3 Å². The van der Waals surface area contributed by atoms with Crippen LogP contribution in [0.2, 0.25) is 5.02 Å². The van der Waals surface area contributed by atoms with Crippen molar-refractivity contribution < 1.29 is 79.6 Å². The number of hydrogen-bond donors (Lipinski definition) is 6. The monoisotopic (exact) mass is 952 g/mol. The van der Waals surface area contributed by atoms with Gasteiger partial charge >= 0.3 is 24.1 Å². The Morgan fingerprint density at radius 3 is 2.10 bits per heavy atom. The number of nitrogens with one attached hydrogen (secondary N) is 2. The number of pyridine rings is 1. The van der Waals surface area contributed by atoms with Crippen LogP contribution >= 0.6 is 19.0 Å². The molecule has 3 amide bonds. The number of urea groups is 1. The number of alkyl halides is 3. The number of ether oxygens (including phenoxy) is 3. The van der Waals surface area contributed by atoms with Crippen molar-refractivity contribution in [2.45, 2.75) is 23.7 Å². The van der Waals surface area contributed by atoms with E-state index >= 15 is 0 Å². The van der Waals surface area contributed by atoms with Crippen LogP contribution in [-0.2, 0) is 25.6 Å². The first kappa shape index (κ1) is 52.5. The molecule has 4 aromatic rings. The number of hydrogen-bond acceptors (Lipinski definition) is 16. The number of rotatable bonds is 14. The summed E-state index contributed by atoms with van der Waals surface area (Å²) >= 11 is 5.72. The maximum Gasteiger partial charge on any atom is 0.416 e. The van der Waals surface area contributed by atoms with Gasteiger partial charge in [0, 0.05) is 45.3 Å². The maximum absolute atomic E-state index is 12.6. The number of nitrogens with two attached hydrogens (primary N) is 1. The normalized spacial score (nSPS) is 12.3. The maximum atomic E-state index is 12.6. The molecule has 0 saturated heterocycles. The number of halogens is 4.